The molecule has 3 N–H and O–H groups in total. The number of hydrogen-bond acceptors (Lipinski definition) is 5. The fourth-order valence-corrected chi connectivity index (χ4v) is 2.82. The number of H-pyrrole nitrogens is 1. The third-order valence-electron chi connectivity index (χ3n) is 4.08. The van der Waals surface area contributed by atoms with E-state index in [4.69, 9.17) is 5.11 Å². The van der Waals surface area contributed by atoms with Gasteiger partial charge in [0.25, 0.3) is 5.91 Å². The van der Waals surface area contributed by atoms with Crippen LogP contribution in [0.3, 0.4) is 0 Å². The first kappa shape index (κ1) is 16.1. The summed E-state index contributed by atoms with van der Waals surface area (Å²) in [5.41, 5.74) is 8.12. The van der Waals surface area contributed by atoms with Crippen molar-refractivity contribution in [1.29, 1.82) is 0 Å². The maximum atomic E-state index is 12.1. The molecular weight excluding hydrogens is 306 g/mol. The molecule has 3 rings (SSSR count). The molecule has 0 spiro atoms. The minimum absolute atomic E-state index is 0.159. The fourth-order valence-electron chi connectivity index (χ4n) is 2.82. The van der Waals surface area contributed by atoms with E-state index in [9.17, 15) is 4.79 Å². The van der Waals surface area contributed by atoms with E-state index in [0.29, 0.717) is 23.4 Å². The van der Waals surface area contributed by atoms with Crippen LogP contribution in [-0.4, -0.2) is 38.3 Å². The summed E-state index contributed by atoms with van der Waals surface area (Å²) in [5.74, 6) is -0.265. The van der Waals surface area contributed by atoms with E-state index in [-0.39, 0.29) is 12.5 Å². The van der Waals surface area contributed by atoms with Crippen molar-refractivity contribution in [3.63, 3.8) is 0 Å². The molecule has 3 heterocycles. The highest BCUT2D eigenvalue weighted by Gasteiger charge is 2.25. The molecule has 0 radical (unpaired) electrons. The zero-order valence-corrected chi connectivity index (χ0v) is 13.6. The van der Waals surface area contributed by atoms with Crippen molar-refractivity contribution in [2.75, 3.05) is 6.61 Å². The number of aliphatic hydroxyl groups is 1. The molecule has 0 unspecified atom stereocenters. The highest BCUT2D eigenvalue weighted by molar-refractivity contribution is 6.32. The van der Waals surface area contributed by atoms with Crippen LogP contribution in [0.15, 0.2) is 29.3 Å². The molecule has 0 saturated carbocycles. The number of carbonyl (C=O) groups excluding carboxylic acids is 1. The lowest BCUT2D eigenvalue weighted by Gasteiger charge is -2.02. The van der Waals surface area contributed by atoms with Gasteiger partial charge in [-0.25, -0.2) is 5.43 Å². The molecule has 1 aliphatic rings. The molecule has 7 heteroatoms. The Balaban J connectivity index is 1.98. The number of nitrogens with one attached hydrogen (secondary N) is 2. The van der Waals surface area contributed by atoms with E-state index in [1.165, 1.54) is 5.56 Å². The predicted octanol–water partition coefficient (Wildman–Crippen LogP) is 1.26. The maximum Gasteiger partial charge on any atom is 0.273 e. The Kier molecular flexibility index (Phi) is 4.52. The number of aromatic amines is 1. The monoisotopic (exact) mass is 325 g/mol. The van der Waals surface area contributed by atoms with Crippen LogP contribution in [0.25, 0.3) is 6.08 Å². The van der Waals surface area contributed by atoms with Crippen molar-refractivity contribution in [2.24, 2.45) is 5.10 Å². The van der Waals surface area contributed by atoms with Crippen LogP contribution in [0.4, 0.5) is 0 Å². The summed E-state index contributed by atoms with van der Waals surface area (Å²) in [6.45, 7) is 4.16. The number of amides is 1. The first-order valence-corrected chi connectivity index (χ1v) is 7.77. The molecule has 0 aliphatic carbocycles. The van der Waals surface area contributed by atoms with E-state index < -0.39 is 0 Å². The van der Waals surface area contributed by atoms with Gasteiger partial charge in [0.05, 0.1) is 11.8 Å². The predicted molar refractivity (Wildman–Crippen MR) is 90.4 cm³/mol. The summed E-state index contributed by atoms with van der Waals surface area (Å²) >= 11 is 0. The van der Waals surface area contributed by atoms with Gasteiger partial charge >= 0.3 is 0 Å². The number of hydrazone groups is 1. The van der Waals surface area contributed by atoms with Crippen LogP contribution >= 0.6 is 0 Å². The Labute approximate surface area is 139 Å². The van der Waals surface area contributed by atoms with Crippen LogP contribution < -0.4 is 5.43 Å². The Bertz CT molecular complexity index is 821. The van der Waals surface area contributed by atoms with Crippen LogP contribution in [0.2, 0.25) is 0 Å². The van der Waals surface area contributed by atoms with Crippen molar-refractivity contribution >= 4 is 17.7 Å². The van der Waals surface area contributed by atoms with E-state index >= 15 is 0 Å². The molecule has 0 fully saturated rings. The summed E-state index contributed by atoms with van der Waals surface area (Å²) in [6, 6.07) is 0. The number of rotatable bonds is 5. The average molecular weight is 325 g/mol. The van der Waals surface area contributed by atoms with Gasteiger partial charge in [-0.3, -0.25) is 14.8 Å². The molecule has 0 bridgehead atoms. The highest BCUT2D eigenvalue weighted by atomic mass is 16.2. The molecular formula is C17H19N5O2. The van der Waals surface area contributed by atoms with E-state index in [1.54, 1.807) is 24.7 Å². The van der Waals surface area contributed by atoms with Crippen LogP contribution in [-0.2, 0) is 11.2 Å². The molecule has 24 heavy (non-hydrogen) atoms. The van der Waals surface area contributed by atoms with Crippen LogP contribution in [0.5, 0.6) is 0 Å². The van der Waals surface area contributed by atoms with Gasteiger partial charge in [0.2, 0.25) is 0 Å². The molecule has 1 amide bonds. The number of hydrogen-bond donors (Lipinski definition) is 3. The van der Waals surface area contributed by atoms with Crippen molar-refractivity contribution in [3.05, 3.63) is 52.4 Å². The largest absolute Gasteiger partial charge is 0.396 e. The maximum absolute atomic E-state index is 12.1. The van der Waals surface area contributed by atoms with Crippen LogP contribution in [0.1, 0.15) is 34.6 Å². The number of carbonyl (C=O) groups is 1. The summed E-state index contributed by atoms with van der Waals surface area (Å²) in [5, 5.41) is 13.1. The van der Waals surface area contributed by atoms with Crippen molar-refractivity contribution in [3.8, 4) is 0 Å². The normalized spacial score (nSPS) is 15.7. The van der Waals surface area contributed by atoms with Gasteiger partial charge in [-0.05, 0) is 43.9 Å². The average Bonchev–Trinajstić information content (AvgIpc) is 3.08. The fraction of sp³-hybridized carbons (Fsp3) is 0.294. The Morgan fingerprint density at radius 3 is 2.83 bits per heavy atom. The first-order chi connectivity index (χ1) is 11.6. The lowest BCUT2D eigenvalue weighted by atomic mass is 10.0. The number of aryl methyl sites for hydroxylation is 1. The zero-order chi connectivity index (χ0) is 17.1. The highest BCUT2D eigenvalue weighted by Crippen LogP contribution is 2.23. The molecule has 1 aliphatic heterocycles. The summed E-state index contributed by atoms with van der Waals surface area (Å²) in [6.07, 6.45) is 8.01. The van der Waals surface area contributed by atoms with E-state index in [0.717, 1.165) is 23.4 Å². The second-order valence-electron chi connectivity index (χ2n) is 5.64. The second kappa shape index (κ2) is 6.76. The number of nitrogens with zero attached hydrogens (tertiary/aromatic N) is 3. The van der Waals surface area contributed by atoms with Gasteiger partial charge < -0.3 is 10.1 Å². The standard InChI is InChI=1S/C17H19N5O2/c1-10-12(4-3-7-23)11(2)20-14(10)8-13-16(21-22-17(13)24)15-9-18-5-6-19-15/h5-6,8-9,20,23H,3-4,7H2,1-2H3,(H,22,24)/b13-8+. The lowest BCUT2D eigenvalue weighted by Crippen LogP contribution is -2.14. The molecule has 124 valence electrons. The molecule has 0 atom stereocenters. The smallest absolute Gasteiger partial charge is 0.273 e. The quantitative estimate of drug-likeness (QED) is 0.720. The zero-order valence-electron chi connectivity index (χ0n) is 13.6. The number of aromatic nitrogens is 3. The van der Waals surface area contributed by atoms with Crippen LogP contribution in [0, 0.1) is 13.8 Å². The second-order valence-corrected chi connectivity index (χ2v) is 5.64. The van der Waals surface area contributed by atoms with Crippen molar-refractivity contribution in [1.82, 2.24) is 20.4 Å². The number of aliphatic hydroxyl groups excluding tert-OH is 1. The first-order valence-electron chi connectivity index (χ1n) is 7.77. The molecule has 2 aromatic heterocycles. The Morgan fingerprint density at radius 1 is 1.29 bits per heavy atom. The SMILES string of the molecule is Cc1[nH]c(/C=C2/C(=O)NN=C2c2cnccn2)c(C)c1CCCO. The van der Waals surface area contributed by atoms with Crippen molar-refractivity contribution in [2.45, 2.75) is 26.7 Å². The molecule has 7 nitrogen and oxygen atoms in total. The lowest BCUT2D eigenvalue weighted by molar-refractivity contribution is -0.116. The van der Waals surface area contributed by atoms with E-state index in [1.807, 2.05) is 13.8 Å². The van der Waals surface area contributed by atoms with Gasteiger partial charge in [-0.1, -0.05) is 0 Å². The van der Waals surface area contributed by atoms with Gasteiger partial charge in [-0.2, -0.15) is 5.10 Å². The van der Waals surface area contributed by atoms with Gasteiger partial charge in [0.15, 0.2) is 0 Å². The minimum Gasteiger partial charge on any atom is -0.396 e. The third kappa shape index (κ3) is 2.98. The Hall–Kier alpha value is -2.80. The van der Waals surface area contributed by atoms with Crippen molar-refractivity contribution < 1.29 is 9.90 Å². The molecule has 0 aromatic carbocycles. The topological polar surface area (TPSA) is 103 Å². The van der Waals surface area contributed by atoms with Gasteiger partial charge in [-0.15, -0.1) is 0 Å². The Morgan fingerprint density at radius 2 is 2.12 bits per heavy atom. The summed E-state index contributed by atoms with van der Waals surface area (Å²) in [7, 11) is 0. The minimum atomic E-state index is -0.265. The molecule has 2 aromatic rings. The summed E-state index contributed by atoms with van der Waals surface area (Å²) < 4.78 is 0. The van der Waals surface area contributed by atoms with E-state index in [2.05, 4.69) is 25.5 Å². The molecule has 0 saturated heterocycles. The van der Waals surface area contributed by atoms with Gasteiger partial charge in [0.1, 0.15) is 11.4 Å². The third-order valence-corrected chi connectivity index (χ3v) is 4.08. The van der Waals surface area contributed by atoms with Gasteiger partial charge in [0, 0.05) is 30.4 Å². The summed E-state index contributed by atoms with van der Waals surface area (Å²) in [4.78, 5) is 23.7.